The number of ether oxygens (including phenoxy) is 1. The van der Waals surface area contributed by atoms with Crippen molar-refractivity contribution in [1.82, 2.24) is 0 Å². The number of carbonyl (C=O) groups excluding carboxylic acids is 3. The van der Waals surface area contributed by atoms with Crippen molar-refractivity contribution in [1.29, 1.82) is 5.26 Å². The van der Waals surface area contributed by atoms with Gasteiger partial charge in [-0.1, -0.05) is 47.1 Å². The van der Waals surface area contributed by atoms with Crippen LogP contribution in [0.1, 0.15) is 92.9 Å². The third-order valence-electron chi connectivity index (χ3n) is 12.2. The number of ketones is 1. The molecule has 5 aliphatic rings. The van der Waals surface area contributed by atoms with Gasteiger partial charge in [-0.05, 0) is 80.4 Å². The van der Waals surface area contributed by atoms with Crippen molar-refractivity contribution in [2.24, 2.45) is 38.9 Å². The Morgan fingerprint density at radius 2 is 1.65 bits per heavy atom. The molecule has 0 amide bonds. The first kappa shape index (κ1) is 27.0. The normalized spacial score (nSPS) is 49.5. The quantitative estimate of drug-likeness (QED) is 0.371. The van der Waals surface area contributed by atoms with E-state index in [9.17, 15) is 19.6 Å². The molecule has 0 aromatic carbocycles. The van der Waals surface area contributed by atoms with E-state index in [4.69, 9.17) is 4.74 Å². The number of Topliss-reactive ketones (excluding diaryl/α,β-unsaturated/α-hetero) is 1. The molecule has 4 fully saturated rings. The van der Waals surface area contributed by atoms with E-state index in [2.05, 4.69) is 40.0 Å². The lowest BCUT2D eigenvalue weighted by Gasteiger charge is -2.70. The summed E-state index contributed by atoms with van der Waals surface area (Å²) in [6.07, 6.45) is 10.9. The maximum absolute atomic E-state index is 14.5. The molecule has 0 aromatic rings. The van der Waals surface area contributed by atoms with Gasteiger partial charge < -0.3 is 4.74 Å². The van der Waals surface area contributed by atoms with Crippen LogP contribution in [0.2, 0.25) is 0 Å². The van der Waals surface area contributed by atoms with Crippen molar-refractivity contribution in [3.8, 4) is 6.07 Å². The molecule has 5 rings (SSSR count). The number of esters is 1. The minimum absolute atomic E-state index is 0.0267. The monoisotopic (exact) mass is 527 g/mol. The maximum atomic E-state index is 14.5. The summed E-state index contributed by atoms with van der Waals surface area (Å²) in [5.74, 6) is -0.570. The van der Waals surface area contributed by atoms with Gasteiger partial charge in [-0.15, -0.1) is 0 Å². The summed E-state index contributed by atoms with van der Waals surface area (Å²) in [4.78, 5) is 41.2. The lowest BCUT2D eigenvalue weighted by atomic mass is 9.43. The summed E-state index contributed by atoms with van der Waals surface area (Å²) in [5.41, 5.74) is -0.394. The van der Waals surface area contributed by atoms with E-state index < -0.39 is 26.8 Å². The molecule has 5 nitrogen and oxygen atoms in total. The molecular weight excluding hydrogens is 482 g/mol. The van der Waals surface area contributed by atoms with Crippen molar-refractivity contribution in [2.45, 2.75) is 103 Å². The van der Waals surface area contributed by atoms with Crippen LogP contribution in [-0.4, -0.2) is 40.7 Å². The van der Waals surface area contributed by atoms with Crippen molar-refractivity contribution >= 4 is 26.9 Å². The number of hydrogen-bond acceptors (Lipinski definition) is 5. The van der Waals surface area contributed by atoms with E-state index in [0.717, 1.165) is 44.9 Å². The summed E-state index contributed by atoms with van der Waals surface area (Å²) < 4.78 is 5.44. The minimum atomic E-state index is -1.85. The molecule has 8 atom stereocenters. The van der Waals surface area contributed by atoms with Gasteiger partial charge in [0.15, 0.2) is 10.9 Å². The van der Waals surface area contributed by atoms with E-state index in [1.807, 2.05) is 19.9 Å². The molecule has 1 saturated heterocycles. The van der Waals surface area contributed by atoms with E-state index in [-0.39, 0.29) is 49.5 Å². The number of rotatable bonds is 1. The Morgan fingerprint density at radius 1 is 0.973 bits per heavy atom. The molecular formula is C31H45NO4S. The second-order valence-electron chi connectivity index (χ2n) is 14.9. The second kappa shape index (κ2) is 7.96. The lowest BCUT2D eigenvalue weighted by Crippen LogP contribution is -2.64. The Labute approximate surface area is 224 Å². The number of carbonyl (C=O) groups is 3. The fraction of sp³-hybridized carbons (Fsp3) is 0.806. The molecule has 0 bridgehead atoms. The van der Waals surface area contributed by atoms with Gasteiger partial charge in [0.25, 0.3) is 0 Å². The maximum Gasteiger partial charge on any atom is 0.312 e. The third kappa shape index (κ3) is 3.25. The molecule has 2 aliphatic heterocycles. The highest BCUT2D eigenvalue weighted by Crippen LogP contribution is 2.79. The molecule has 2 heterocycles. The molecule has 0 radical (unpaired) electrons. The highest BCUT2D eigenvalue weighted by molar-refractivity contribution is 8.46. The van der Waals surface area contributed by atoms with E-state index in [1.54, 1.807) is 0 Å². The van der Waals surface area contributed by atoms with E-state index >= 15 is 0 Å². The van der Waals surface area contributed by atoms with Crippen LogP contribution < -0.4 is 0 Å². The summed E-state index contributed by atoms with van der Waals surface area (Å²) >= 11 is 0. The number of nitriles is 1. The number of allylic oxidation sites excluding steroid dienone is 1. The van der Waals surface area contributed by atoms with Crippen LogP contribution in [0, 0.1) is 50.2 Å². The fourth-order valence-corrected chi connectivity index (χ4v) is 15.6. The number of fused-ring (bicyclic) bond motifs is 7. The summed E-state index contributed by atoms with van der Waals surface area (Å²) in [6, 6.07) is 2.31. The Hall–Kier alpha value is -1.61. The Kier molecular flexibility index (Phi) is 5.81. The first-order chi connectivity index (χ1) is 17.0. The van der Waals surface area contributed by atoms with E-state index in [1.165, 1.54) is 12.7 Å². The third-order valence-corrected chi connectivity index (χ3v) is 16.9. The highest BCUT2D eigenvalue weighted by Gasteiger charge is 2.70. The van der Waals surface area contributed by atoms with Crippen molar-refractivity contribution < 1.29 is 19.1 Å². The Balaban J connectivity index is 1.67. The summed E-state index contributed by atoms with van der Waals surface area (Å²) in [5, 5.41) is 10.4. The van der Waals surface area contributed by atoms with Gasteiger partial charge >= 0.3 is 5.97 Å². The van der Waals surface area contributed by atoms with Gasteiger partial charge in [0, 0.05) is 21.3 Å². The van der Waals surface area contributed by atoms with Gasteiger partial charge in [-0.2, -0.15) is 15.3 Å². The zero-order chi connectivity index (χ0) is 27.4. The van der Waals surface area contributed by atoms with Crippen molar-refractivity contribution in [2.75, 3.05) is 13.4 Å². The summed E-state index contributed by atoms with van der Waals surface area (Å²) in [7, 11) is -0.347. The van der Waals surface area contributed by atoms with Gasteiger partial charge in [-0.3, -0.25) is 14.4 Å². The molecule has 8 unspecified atom stereocenters. The van der Waals surface area contributed by atoms with Crippen LogP contribution in [0.5, 0.6) is 0 Å². The number of hydrogen-bond donors (Lipinski definition) is 0. The van der Waals surface area contributed by atoms with Crippen LogP contribution in [0.15, 0.2) is 11.6 Å². The SMILES string of the molecule is COC(=O)C12CCC3C4(C)CCC5C(C)(C)C(=O)C(C#N)CC5(C)C4=CC(=O)S3(C)C1CC(C)(C)CC2. The number of nitrogens with zero attached hydrogens (tertiary/aromatic N) is 1. The second-order valence-corrected chi connectivity index (χ2v) is 18.5. The largest absolute Gasteiger partial charge is 0.469 e. The topological polar surface area (TPSA) is 84.2 Å². The van der Waals surface area contributed by atoms with Gasteiger partial charge in [0.1, 0.15) is 5.92 Å². The van der Waals surface area contributed by atoms with Crippen LogP contribution >= 0.6 is 10.0 Å². The van der Waals surface area contributed by atoms with Crippen LogP contribution in [0.4, 0.5) is 0 Å². The zero-order valence-electron chi connectivity index (χ0n) is 24.0. The molecule has 37 heavy (non-hydrogen) atoms. The molecule has 6 heteroatoms. The Bertz CT molecular complexity index is 1150. The minimum Gasteiger partial charge on any atom is -0.469 e. The van der Waals surface area contributed by atoms with Crippen molar-refractivity contribution in [3.63, 3.8) is 0 Å². The molecule has 0 N–H and O–H groups in total. The molecule has 3 aliphatic carbocycles. The zero-order valence-corrected chi connectivity index (χ0v) is 24.8. The van der Waals surface area contributed by atoms with Crippen molar-refractivity contribution in [3.05, 3.63) is 11.6 Å². The smallest absolute Gasteiger partial charge is 0.312 e. The Morgan fingerprint density at radius 3 is 2.27 bits per heavy atom. The van der Waals surface area contributed by atoms with E-state index in [0.29, 0.717) is 6.42 Å². The molecule has 3 saturated carbocycles. The number of methoxy groups -OCH3 is 1. The standard InChI is InChI=1S/C31H45NO4S/c1-27(2)13-14-31(26(35)36-7)12-10-22-29(5)11-9-20-28(3,4)25(34)19(18-32)16-30(20,6)21(29)15-24(33)37(22,8)23(31)17-27/h15,19-20,22-23H,9-14,16-17H2,1-8H3. The fourth-order valence-electron chi connectivity index (χ4n) is 10.3. The van der Waals surface area contributed by atoms with Gasteiger partial charge in [0.05, 0.1) is 18.6 Å². The predicted octanol–water partition coefficient (Wildman–Crippen LogP) is 6.35. The average Bonchev–Trinajstić information content (AvgIpc) is 2.82. The molecule has 204 valence electrons. The van der Waals surface area contributed by atoms with Gasteiger partial charge in [0.2, 0.25) is 0 Å². The summed E-state index contributed by atoms with van der Waals surface area (Å²) in [6.45, 7) is 13.2. The predicted molar refractivity (Wildman–Crippen MR) is 147 cm³/mol. The van der Waals surface area contributed by atoms with Crippen LogP contribution in [-0.2, 0) is 19.1 Å². The molecule has 0 spiro atoms. The highest BCUT2D eigenvalue weighted by atomic mass is 32.3. The lowest BCUT2D eigenvalue weighted by molar-refractivity contribution is -0.157. The first-order valence-corrected chi connectivity index (χ1v) is 16.3. The van der Waals surface area contributed by atoms with Crippen LogP contribution in [0.25, 0.3) is 0 Å². The van der Waals surface area contributed by atoms with Crippen LogP contribution in [0.3, 0.4) is 0 Å². The molecule has 0 aromatic heterocycles. The van der Waals surface area contributed by atoms with Gasteiger partial charge in [-0.25, -0.2) is 0 Å². The average molecular weight is 528 g/mol. The first-order valence-electron chi connectivity index (χ1n) is 14.1.